The van der Waals surface area contributed by atoms with Gasteiger partial charge in [-0.25, -0.2) is 0 Å². The van der Waals surface area contributed by atoms with Crippen molar-refractivity contribution in [2.75, 3.05) is 13.1 Å². The van der Waals surface area contributed by atoms with E-state index in [2.05, 4.69) is 21.8 Å². The first-order chi connectivity index (χ1) is 11.0. The molecule has 1 N–H and O–H groups in total. The number of rotatable bonds is 4. The Labute approximate surface area is 137 Å². The molecular formula is C17H23N3O2S. The Bertz CT molecular complexity index is 776. The van der Waals surface area contributed by atoms with Gasteiger partial charge in [-0.05, 0) is 50.3 Å². The maximum atomic E-state index is 12.3. The van der Waals surface area contributed by atoms with Crippen LogP contribution >= 0.6 is 0 Å². The highest BCUT2D eigenvalue weighted by atomic mass is 32.2. The number of aromatic nitrogens is 1. The predicted molar refractivity (Wildman–Crippen MR) is 92.5 cm³/mol. The van der Waals surface area contributed by atoms with Gasteiger partial charge in [0.25, 0.3) is 10.2 Å². The van der Waals surface area contributed by atoms with Crippen molar-refractivity contribution in [1.29, 1.82) is 0 Å². The third-order valence-corrected chi connectivity index (χ3v) is 6.12. The molecule has 0 bridgehead atoms. The lowest BCUT2D eigenvalue weighted by Gasteiger charge is -2.32. The second-order valence-electron chi connectivity index (χ2n) is 6.37. The summed E-state index contributed by atoms with van der Waals surface area (Å²) in [5.41, 5.74) is 2.28. The second kappa shape index (κ2) is 6.55. The molecule has 3 rings (SSSR count). The summed E-state index contributed by atoms with van der Waals surface area (Å²) in [6.07, 6.45) is 3.53. The number of pyridine rings is 1. The van der Waals surface area contributed by atoms with Gasteiger partial charge in [-0.15, -0.1) is 0 Å². The van der Waals surface area contributed by atoms with Gasteiger partial charge in [0, 0.05) is 30.7 Å². The molecule has 1 aromatic carbocycles. The molecule has 1 saturated heterocycles. The molecule has 0 saturated carbocycles. The summed E-state index contributed by atoms with van der Waals surface area (Å²) in [6.45, 7) is 4.80. The molecule has 5 nitrogen and oxygen atoms in total. The van der Waals surface area contributed by atoms with Gasteiger partial charge in [0.2, 0.25) is 0 Å². The van der Waals surface area contributed by atoms with Crippen molar-refractivity contribution < 1.29 is 8.42 Å². The van der Waals surface area contributed by atoms with Crippen LogP contribution in [-0.4, -0.2) is 36.8 Å². The molecule has 0 radical (unpaired) electrons. The lowest BCUT2D eigenvalue weighted by molar-refractivity contribution is 0.315. The Balaban J connectivity index is 1.76. The van der Waals surface area contributed by atoms with Gasteiger partial charge in [-0.1, -0.05) is 18.2 Å². The highest BCUT2D eigenvalue weighted by molar-refractivity contribution is 7.87. The molecule has 0 aliphatic carbocycles. The van der Waals surface area contributed by atoms with E-state index in [1.165, 1.54) is 10.9 Å². The lowest BCUT2D eigenvalue weighted by atomic mass is 9.88. The van der Waals surface area contributed by atoms with E-state index in [1.807, 2.05) is 38.2 Å². The van der Waals surface area contributed by atoms with Crippen molar-refractivity contribution >= 4 is 21.1 Å². The number of fused-ring (bicyclic) bond motifs is 1. The summed E-state index contributed by atoms with van der Waals surface area (Å²) in [5.74, 6) is 0.383. The van der Waals surface area contributed by atoms with Gasteiger partial charge in [0.15, 0.2) is 0 Å². The van der Waals surface area contributed by atoms with Crippen LogP contribution in [0.2, 0.25) is 0 Å². The van der Waals surface area contributed by atoms with Gasteiger partial charge in [-0.2, -0.15) is 17.4 Å². The standard InChI is InChI=1S/C17H23N3O2S/c1-13(2)19-23(21,22)20-11-8-14(9-12-20)15-7-10-18-17-6-4-3-5-16(15)17/h3-7,10,13-14,19H,8-9,11-12H2,1-2H3. The monoisotopic (exact) mass is 333 g/mol. The minimum absolute atomic E-state index is 0.0816. The normalized spacial score (nSPS) is 17.9. The Kier molecular flexibility index (Phi) is 4.66. The van der Waals surface area contributed by atoms with Crippen LogP contribution in [0.3, 0.4) is 0 Å². The minimum Gasteiger partial charge on any atom is -0.256 e. The molecule has 0 spiro atoms. The number of hydrogen-bond acceptors (Lipinski definition) is 3. The van der Waals surface area contributed by atoms with E-state index >= 15 is 0 Å². The number of piperidine rings is 1. The summed E-state index contributed by atoms with van der Waals surface area (Å²) in [5, 5.41) is 1.18. The van der Waals surface area contributed by atoms with E-state index in [4.69, 9.17) is 0 Å². The van der Waals surface area contributed by atoms with E-state index in [-0.39, 0.29) is 6.04 Å². The largest absolute Gasteiger partial charge is 0.279 e. The van der Waals surface area contributed by atoms with E-state index in [9.17, 15) is 8.42 Å². The number of benzene rings is 1. The Morgan fingerprint density at radius 1 is 1.17 bits per heavy atom. The lowest BCUT2D eigenvalue weighted by Crippen LogP contribution is -2.46. The zero-order valence-corrected chi connectivity index (χ0v) is 14.4. The molecule has 2 aromatic rings. The van der Waals surface area contributed by atoms with Crippen molar-refractivity contribution in [3.05, 3.63) is 42.1 Å². The quantitative estimate of drug-likeness (QED) is 0.935. The Hall–Kier alpha value is -1.50. The van der Waals surface area contributed by atoms with Crippen molar-refractivity contribution in [1.82, 2.24) is 14.0 Å². The second-order valence-corrected chi connectivity index (χ2v) is 8.07. The molecule has 1 fully saturated rings. The average molecular weight is 333 g/mol. The summed E-state index contributed by atoms with van der Waals surface area (Å²) in [6, 6.07) is 10.1. The molecule has 23 heavy (non-hydrogen) atoms. The van der Waals surface area contributed by atoms with Crippen molar-refractivity contribution in [2.24, 2.45) is 0 Å². The molecule has 2 heterocycles. The average Bonchev–Trinajstić information content (AvgIpc) is 2.53. The molecule has 0 atom stereocenters. The SMILES string of the molecule is CC(C)NS(=O)(=O)N1CCC(c2ccnc3ccccc23)CC1. The van der Waals surface area contributed by atoms with Gasteiger partial charge in [0.05, 0.1) is 5.52 Å². The Morgan fingerprint density at radius 3 is 2.57 bits per heavy atom. The van der Waals surface area contributed by atoms with Crippen molar-refractivity contribution in [3.63, 3.8) is 0 Å². The minimum atomic E-state index is -3.36. The summed E-state index contributed by atoms with van der Waals surface area (Å²) >= 11 is 0. The summed E-state index contributed by atoms with van der Waals surface area (Å²) in [7, 11) is -3.36. The topological polar surface area (TPSA) is 62.3 Å². The molecule has 1 aliphatic heterocycles. The van der Waals surface area contributed by atoms with E-state index in [0.717, 1.165) is 18.4 Å². The van der Waals surface area contributed by atoms with Crippen LogP contribution in [0.25, 0.3) is 10.9 Å². The smallest absolute Gasteiger partial charge is 0.256 e. The Morgan fingerprint density at radius 2 is 1.87 bits per heavy atom. The van der Waals surface area contributed by atoms with Gasteiger partial charge in [0.1, 0.15) is 0 Å². The number of nitrogens with one attached hydrogen (secondary N) is 1. The van der Waals surface area contributed by atoms with Crippen LogP contribution in [0.1, 0.15) is 38.2 Å². The van der Waals surface area contributed by atoms with Crippen LogP contribution < -0.4 is 4.72 Å². The molecular weight excluding hydrogens is 310 g/mol. The molecule has 6 heteroatoms. The van der Waals surface area contributed by atoms with Crippen LogP contribution in [0.15, 0.2) is 36.5 Å². The third kappa shape index (κ3) is 3.54. The van der Waals surface area contributed by atoms with Gasteiger partial charge < -0.3 is 0 Å². The number of hydrogen-bond donors (Lipinski definition) is 1. The fourth-order valence-electron chi connectivity index (χ4n) is 3.25. The molecule has 0 unspecified atom stereocenters. The zero-order chi connectivity index (χ0) is 16.4. The molecule has 1 aromatic heterocycles. The highest BCUT2D eigenvalue weighted by Gasteiger charge is 2.29. The highest BCUT2D eigenvalue weighted by Crippen LogP contribution is 2.32. The maximum absolute atomic E-state index is 12.3. The van der Waals surface area contributed by atoms with Crippen molar-refractivity contribution in [3.8, 4) is 0 Å². The fourth-order valence-corrected chi connectivity index (χ4v) is 4.69. The van der Waals surface area contributed by atoms with E-state index in [1.54, 1.807) is 4.31 Å². The van der Waals surface area contributed by atoms with E-state index in [0.29, 0.717) is 19.0 Å². The number of nitrogens with zero attached hydrogens (tertiary/aromatic N) is 2. The van der Waals surface area contributed by atoms with E-state index < -0.39 is 10.2 Å². The third-order valence-electron chi connectivity index (χ3n) is 4.30. The van der Waals surface area contributed by atoms with Crippen LogP contribution in [0.4, 0.5) is 0 Å². The fraction of sp³-hybridized carbons (Fsp3) is 0.471. The van der Waals surface area contributed by atoms with Crippen molar-refractivity contribution in [2.45, 2.75) is 38.6 Å². The molecule has 0 amide bonds. The summed E-state index contributed by atoms with van der Waals surface area (Å²) in [4.78, 5) is 4.41. The van der Waals surface area contributed by atoms with Gasteiger partial charge >= 0.3 is 0 Å². The van der Waals surface area contributed by atoms with Crippen LogP contribution in [-0.2, 0) is 10.2 Å². The first kappa shape index (κ1) is 16.4. The molecule has 1 aliphatic rings. The predicted octanol–water partition coefficient (Wildman–Crippen LogP) is 2.66. The van der Waals surface area contributed by atoms with Gasteiger partial charge in [-0.3, -0.25) is 4.98 Å². The maximum Gasteiger partial charge on any atom is 0.279 e. The number of para-hydroxylation sites is 1. The van der Waals surface area contributed by atoms with Crippen LogP contribution in [0.5, 0.6) is 0 Å². The molecule has 124 valence electrons. The van der Waals surface area contributed by atoms with Crippen LogP contribution in [0, 0.1) is 0 Å². The summed E-state index contributed by atoms with van der Waals surface area (Å²) < 4.78 is 28.7. The zero-order valence-electron chi connectivity index (χ0n) is 13.6. The first-order valence-electron chi connectivity index (χ1n) is 8.08. The first-order valence-corrected chi connectivity index (χ1v) is 9.52.